The molecule has 0 aromatic heterocycles. The second kappa shape index (κ2) is 17.8. The molecule has 2 N–H and O–H groups in total. The summed E-state index contributed by atoms with van der Waals surface area (Å²) in [6.07, 6.45) is 8.66. The Morgan fingerprint density at radius 2 is 1.16 bits per heavy atom. The predicted octanol–water partition coefficient (Wildman–Crippen LogP) is 8.16. The first kappa shape index (κ1) is 35.8. The summed E-state index contributed by atoms with van der Waals surface area (Å²) in [7, 11) is 8.06. The SMILES string of the molecule is COc1cc(C2NC(=O)c3ccccc3N2)ccc1OCCCCCCCOc1cc(/C=C\c2cc(OC)c(OC)c(OC)c2)ccc1OC. The number of hydrogen-bond donors (Lipinski definition) is 2. The number of fused-ring (bicyclic) bond motifs is 1. The molecule has 0 fully saturated rings. The minimum absolute atomic E-state index is 0.109. The van der Waals surface area contributed by atoms with Crippen LogP contribution in [0.25, 0.3) is 12.2 Å². The molecule has 0 spiro atoms. The van der Waals surface area contributed by atoms with Crippen LogP contribution in [0.5, 0.6) is 40.2 Å². The van der Waals surface area contributed by atoms with Crippen molar-refractivity contribution in [2.24, 2.45) is 0 Å². The first-order valence-corrected chi connectivity index (χ1v) is 16.7. The fraction of sp³-hybridized carbons (Fsp3) is 0.325. The van der Waals surface area contributed by atoms with Crippen molar-refractivity contribution in [3.05, 3.63) is 95.1 Å². The molecule has 1 atom stereocenters. The van der Waals surface area contributed by atoms with Gasteiger partial charge in [-0.25, -0.2) is 0 Å². The van der Waals surface area contributed by atoms with Crippen LogP contribution in [0.2, 0.25) is 0 Å². The molecule has 0 saturated heterocycles. The van der Waals surface area contributed by atoms with Crippen LogP contribution >= 0.6 is 0 Å². The van der Waals surface area contributed by atoms with Crippen molar-refractivity contribution < 1.29 is 38.0 Å². The highest BCUT2D eigenvalue weighted by atomic mass is 16.5. The van der Waals surface area contributed by atoms with E-state index in [2.05, 4.69) is 10.6 Å². The number of nitrogens with one attached hydrogen (secondary N) is 2. The van der Waals surface area contributed by atoms with Gasteiger partial charge in [0.15, 0.2) is 34.5 Å². The van der Waals surface area contributed by atoms with Gasteiger partial charge in [-0.15, -0.1) is 0 Å². The van der Waals surface area contributed by atoms with E-state index in [0.29, 0.717) is 59.0 Å². The van der Waals surface area contributed by atoms with Crippen molar-refractivity contribution in [2.75, 3.05) is 54.1 Å². The quantitative estimate of drug-likeness (QED) is 0.0794. The van der Waals surface area contributed by atoms with Crippen LogP contribution in [0.4, 0.5) is 5.69 Å². The molecular weight excluding hydrogens is 636 g/mol. The highest BCUT2D eigenvalue weighted by Gasteiger charge is 2.25. The lowest BCUT2D eigenvalue weighted by Crippen LogP contribution is -2.38. The number of ether oxygens (including phenoxy) is 7. The maximum atomic E-state index is 12.6. The van der Waals surface area contributed by atoms with Crippen molar-refractivity contribution in [3.8, 4) is 40.2 Å². The Morgan fingerprint density at radius 3 is 1.84 bits per heavy atom. The number of para-hydroxylation sites is 1. The number of unbranched alkanes of at least 4 members (excludes halogenated alkanes) is 4. The van der Waals surface area contributed by atoms with Crippen molar-refractivity contribution >= 4 is 23.7 Å². The Morgan fingerprint density at radius 1 is 0.560 bits per heavy atom. The van der Waals surface area contributed by atoms with Gasteiger partial charge < -0.3 is 43.8 Å². The summed E-state index contributed by atoms with van der Waals surface area (Å²) >= 11 is 0. The number of rotatable bonds is 18. The molecule has 1 unspecified atom stereocenters. The fourth-order valence-electron chi connectivity index (χ4n) is 5.76. The van der Waals surface area contributed by atoms with Gasteiger partial charge >= 0.3 is 0 Å². The second-order valence-electron chi connectivity index (χ2n) is 11.7. The lowest BCUT2D eigenvalue weighted by molar-refractivity contribution is 0.0935. The molecule has 1 amide bonds. The van der Waals surface area contributed by atoms with E-state index in [-0.39, 0.29) is 12.1 Å². The van der Waals surface area contributed by atoms with Gasteiger partial charge in [-0.1, -0.05) is 55.7 Å². The van der Waals surface area contributed by atoms with Crippen LogP contribution in [-0.2, 0) is 0 Å². The Labute approximate surface area is 294 Å². The summed E-state index contributed by atoms with van der Waals surface area (Å²) in [5, 5.41) is 6.38. The van der Waals surface area contributed by atoms with E-state index >= 15 is 0 Å². The first-order valence-electron chi connectivity index (χ1n) is 16.7. The largest absolute Gasteiger partial charge is 0.493 e. The molecular formula is C40H46N2O8. The molecule has 10 heteroatoms. The molecule has 4 aromatic carbocycles. The highest BCUT2D eigenvalue weighted by molar-refractivity contribution is 6.01. The maximum absolute atomic E-state index is 12.6. The van der Waals surface area contributed by atoms with Crippen LogP contribution in [0.3, 0.4) is 0 Å². The van der Waals surface area contributed by atoms with Gasteiger partial charge in [0.25, 0.3) is 5.91 Å². The van der Waals surface area contributed by atoms with E-state index in [1.807, 2.05) is 78.9 Å². The van der Waals surface area contributed by atoms with E-state index in [4.69, 9.17) is 33.2 Å². The monoisotopic (exact) mass is 682 g/mol. The van der Waals surface area contributed by atoms with Gasteiger partial charge in [-0.2, -0.15) is 0 Å². The number of methoxy groups -OCH3 is 5. The second-order valence-corrected chi connectivity index (χ2v) is 11.7. The molecule has 0 radical (unpaired) electrons. The normalized spacial score (nSPS) is 13.5. The predicted molar refractivity (Wildman–Crippen MR) is 195 cm³/mol. The minimum Gasteiger partial charge on any atom is -0.493 e. The van der Waals surface area contributed by atoms with Crippen LogP contribution in [0.15, 0.2) is 72.8 Å². The first-order chi connectivity index (χ1) is 24.5. The fourth-order valence-corrected chi connectivity index (χ4v) is 5.76. The van der Waals surface area contributed by atoms with E-state index in [9.17, 15) is 4.79 Å². The maximum Gasteiger partial charge on any atom is 0.255 e. The van der Waals surface area contributed by atoms with Crippen molar-refractivity contribution in [1.82, 2.24) is 5.32 Å². The topological polar surface area (TPSA) is 106 Å². The molecule has 0 saturated carbocycles. The highest BCUT2D eigenvalue weighted by Crippen LogP contribution is 2.39. The number of amides is 1. The number of carbonyl (C=O) groups is 1. The van der Waals surface area contributed by atoms with Crippen LogP contribution in [0.1, 0.15) is 65.3 Å². The number of hydrogen-bond acceptors (Lipinski definition) is 9. The van der Waals surface area contributed by atoms with Crippen molar-refractivity contribution in [2.45, 2.75) is 38.3 Å². The molecule has 264 valence electrons. The van der Waals surface area contributed by atoms with Crippen molar-refractivity contribution in [3.63, 3.8) is 0 Å². The summed E-state index contributed by atoms with van der Waals surface area (Å²) < 4.78 is 39.7. The molecule has 5 rings (SSSR count). The van der Waals surface area contributed by atoms with E-state index in [1.54, 1.807) is 41.6 Å². The summed E-state index contributed by atoms with van der Waals surface area (Å²) in [5.41, 5.74) is 4.21. The number of anilines is 1. The number of benzene rings is 4. The smallest absolute Gasteiger partial charge is 0.255 e. The molecule has 50 heavy (non-hydrogen) atoms. The van der Waals surface area contributed by atoms with Crippen molar-refractivity contribution in [1.29, 1.82) is 0 Å². The Kier molecular flexibility index (Phi) is 12.7. The van der Waals surface area contributed by atoms with Gasteiger partial charge in [-0.3, -0.25) is 4.79 Å². The van der Waals surface area contributed by atoms with Gasteiger partial charge in [0.2, 0.25) is 5.75 Å². The van der Waals surface area contributed by atoms with Crippen LogP contribution in [-0.4, -0.2) is 54.7 Å². The van der Waals surface area contributed by atoms with Gasteiger partial charge in [0, 0.05) is 5.69 Å². The Bertz CT molecular complexity index is 1750. The van der Waals surface area contributed by atoms with Crippen LogP contribution in [0, 0.1) is 0 Å². The summed E-state index contributed by atoms with van der Waals surface area (Å²) in [5.74, 6) is 4.36. The third kappa shape index (κ3) is 8.93. The molecule has 1 aliphatic heterocycles. The van der Waals surface area contributed by atoms with E-state index < -0.39 is 0 Å². The average Bonchev–Trinajstić information content (AvgIpc) is 3.15. The molecule has 0 aliphatic carbocycles. The Balaban J connectivity index is 1.04. The minimum atomic E-state index is -0.355. The summed E-state index contributed by atoms with van der Waals surface area (Å²) in [6.45, 7) is 1.18. The molecule has 1 heterocycles. The lowest BCUT2D eigenvalue weighted by atomic mass is 10.1. The van der Waals surface area contributed by atoms with Crippen LogP contribution < -0.4 is 43.8 Å². The zero-order valence-electron chi connectivity index (χ0n) is 29.4. The average molecular weight is 683 g/mol. The molecule has 4 aromatic rings. The van der Waals surface area contributed by atoms with Gasteiger partial charge in [-0.05, 0) is 78.1 Å². The van der Waals surface area contributed by atoms with E-state index in [0.717, 1.165) is 54.5 Å². The van der Waals surface area contributed by atoms with Gasteiger partial charge in [0.05, 0.1) is 54.3 Å². The summed E-state index contributed by atoms with van der Waals surface area (Å²) in [6, 6.07) is 22.9. The Hall–Kier alpha value is -5.51. The molecule has 10 nitrogen and oxygen atoms in total. The molecule has 1 aliphatic rings. The van der Waals surface area contributed by atoms with E-state index in [1.165, 1.54) is 0 Å². The zero-order valence-corrected chi connectivity index (χ0v) is 29.4. The number of carbonyl (C=O) groups excluding carboxylic acids is 1. The summed E-state index contributed by atoms with van der Waals surface area (Å²) in [4.78, 5) is 12.6. The third-order valence-electron chi connectivity index (χ3n) is 8.41. The standard InChI is InChI=1S/C40H46N2O8/c1-44-32-19-17-27(15-16-28-24-36(46-3)38(48-5)37(25-28)47-4)23-35(32)50-22-12-8-6-7-11-21-49-33-20-18-29(26-34(33)45-2)39-41-31-14-10-9-13-30(31)40(43)42-39/h9-10,13-20,23-26,39,41H,6-8,11-12,21-22H2,1-5H3,(H,42,43)/b16-15-. The lowest BCUT2D eigenvalue weighted by Gasteiger charge is -2.28. The van der Waals surface area contributed by atoms with Gasteiger partial charge in [0.1, 0.15) is 6.17 Å². The zero-order chi connectivity index (χ0) is 35.3. The third-order valence-corrected chi connectivity index (χ3v) is 8.41. The molecule has 0 bridgehead atoms.